The average Bonchev–Trinajstić information content (AvgIpc) is 3.66. The highest BCUT2D eigenvalue weighted by atomic mass is 35.5. The standard InChI is InChI=1S/C27H25ClN10O2/c1-14-9-18(15(2)31-20-7-8-21(28)32-23(20)25-33-35-37(4)34-25)24-19(10-14)27(40)36(3)26-22(30-13-38(24)26)16-5-6-17(12-39)29-11-16/h5-11,13,15,31,39H,12H2,1-4H3/i3D3,4D3,15D. The van der Waals surface area contributed by atoms with Gasteiger partial charge in [0.25, 0.3) is 5.56 Å². The van der Waals surface area contributed by atoms with Crippen LogP contribution in [-0.2, 0) is 20.6 Å². The number of aromatic nitrogens is 9. The molecule has 1 atom stereocenters. The quantitative estimate of drug-likeness (QED) is 0.291. The number of pyridine rings is 2. The molecule has 13 heteroatoms. The van der Waals surface area contributed by atoms with E-state index in [1.165, 1.54) is 36.0 Å². The number of rotatable bonds is 6. The molecule has 0 aliphatic rings. The molecule has 1 unspecified atom stereocenters. The fourth-order valence-electron chi connectivity index (χ4n) is 4.57. The Morgan fingerprint density at radius 2 is 2.05 bits per heavy atom. The minimum absolute atomic E-state index is 0.0158. The topological polar surface area (TPSA) is 141 Å². The molecule has 2 N–H and O–H groups in total. The van der Waals surface area contributed by atoms with Crippen LogP contribution in [0, 0.1) is 6.92 Å². The lowest BCUT2D eigenvalue weighted by Gasteiger charge is -2.21. The molecule has 0 spiro atoms. The number of nitrogens with zero attached hydrogens (tertiary/aromatic N) is 9. The molecule has 6 rings (SSSR count). The van der Waals surface area contributed by atoms with Crippen molar-refractivity contribution in [1.29, 1.82) is 0 Å². The van der Waals surface area contributed by atoms with E-state index in [-0.39, 0.29) is 56.8 Å². The Balaban J connectivity index is 1.59. The molecule has 6 aromatic rings. The second-order valence-electron chi connectivity index (χ2n) is 9.01. The number of aryl methyl sites for hydroxylation is 3. The Labute approximate surface area is 242 Å². The summed E-state index contributed by atoms with van der Waals surface area (Å²) < 4.78 is 59.1. The normalized spacial score (nSPS) is 16.4. The van der Waals surface area contributed by atoms with Gasteiger partial charge in [-0.05, 0) is 60.5 Å². The highest BCUT2D eigenvalue weighted by Crippen LogP contribution is 2.33. The van der Waals surface area contributed by atoms with Gasteiger partial charge in [0.05, 0.1) is 43.3 Å². The summed E-state index contributed by atoms with van der Waals surface area (Å²) in [6.07, 6.45) is 2.79. The molecule has 0 saturated heterocycles. The molecule has 202 valence electrons. The van der Waals surface area contributed by atoms with Gasteiger partial charge >= 0.3 is 0 Å². The fourth-order valence-corrected chi connectivity index (χ4v) is 4.72. The second-order valence-corrected chi connectivity index (χ2v) is 9.40. The molecule has 1 aromatic carbocycles. The second kappa shape index (κ2) is 9.81. The summed E-state index contributed by atoms with van der Waals surface area (Å²) in [5.74, 6) is -0.168. The van der Waals surface area contributed by atoms with E-state index < -0.39 is 25.5 Å². The number of hydrogen-bond donors (Lipinski definition) is 2. The number of aliphatic hydroxyl groups excluding tert-OH is 1. The zero-order chi connectivity index (χ0) is 34.1. The van der Waals surface area contributed by atoms with Gasteiger partial charge in [-0.25, -0.2) is 9.97 Å². The highest BCUT2D eigenvalue weighted by molar-refractivity contribution is 6.29. The Hall–Kier alpha value is -4.68. The van der Waals surface area contributed by atoms with Crippen LogP contribution < -0.4 is 10.9 Å². The predicted molar refractivity (Wildman–Crippen MR) is 151 cm³/mol. The van der Waals surface area contributed by atoms with Crippen molar-refractivity contribution in [3.63, 3.8) is 0 Å². The first-order valence-corrected chi connectivity index (χ1v) is 12.3. The maximum atomic E-state index is 14.1. The van der Waals surface area contributed by atoms with Crippen molar-refractivity contribution in [3.05, 3.63) is 81.3 Å². The van der Waals surface area contributed by atoms with Gasteiger partial charge in [-0.2, -0.15) is 4.80 Å². The van der Waals surface area contributed by atoms with Crippen molar-refractivity contribution >= 4 is 33.8 Å². The molecule has 0 saturated carbocycles. The number of fused-ring (bicyclic) bond motifs is 3. The van der Waals surface area contributed by atoms with Crippen LogP contribution in [0.25, 0.3) is 39.3 Å². The van der Waals surface area contributed by atoms with E-state index in [1.807, 2.05) is 0 Å². The lowest BCUT2D eigenvalue weighted by Crippen LogP contribution is -2.21. The zero-order valence-electron chi connectivity index (χ0n) is 28.1. The van der Waals surface area contributed by atoms with E-state index in [1.54, 1.807) is 31.2 Å². The van der Waals surface area contributed by atoms with Crippen LogP contribution in [0.3, 0.4) is 0 Å². The maximum absolute atomic E-state index is 14.1. The first kappa shape index (κ1) is 18.6. The van der Waals surface area contributed by atoms with Crippen molar-refractivity contribution < 1.29 is 14.7 Å². The van der Waals surface area contributed by atoms with Crippen LogP contribution in [0.4, 0.5) is 5.69 Å². The van der Waals surface area contributed by atoms with Crippen LogP contribution in [0.15, 0.2) is 53.7 Å². The number of benzene rings is 1. The SMILES string of the molecule is [2H]C(C)(Nc1ccc(Cl)nc1-c1nnn(C([2H])([2H])[2H])n1)c1cc(C)cc2c(=O)n(C([2H])([2H])[2H])c3c(-c4ccc(CO)nc4)ncn3c12. The summed E-state index contributed by atoms with van der Waals surface area (Å²) in [4.78, 5) is 27.4. The number of aliphatic hydroxyl groups is 1. The van der Waals surface area contributed by atoms with Gasteiger partial charge in [-0.15, -0.1) is 10.2 Å². The number of hydrogen-bond acceptors (Lipinski definition) is 9. The molecule has 12 nitrogen and oxygen atoms in total. The van der Waals surface area contributed by atoms with Crippen LogP contribution in [-0.4, -0.2) is 49.2 Å². The molecule has 0 fully saturated rings. The van der Waals surface area contributed by atoms with E-state index in [4.69, 9.17) is 19.8 Å². The molecular formula is C27H25ClN10O2. The van der Waals surface area contributed by atoms with E-state index in [0.29, 0.717) is 26.2 Å². The summed E-state index contributed by atoms with van der Waals surface area (Å²) in [6.45, 7) is -2.68. The number of halogens is 1. The number of tetrazole rings is 1. The Morgan fingerprint density at radius 3 is 2.77 bits per heavy atom. The molecule has 0 aliphatic heterocycles. The van der Waals surface area contributed by atoms with Gasteiger partial charge in [-0.3, -0.25) is 18.7 Å². The van der Waals surface area contributed by atoms with Gasteiger partial charge in [0.1, 0.15) is 28.5 Å². The highest BCUT2D eigenvalue weighted by Gasteiger charge is 2.22. The lowest BCUT2D eigenvalue weighted by atomic mass is 10.0. The van der Waals surface area contributed by atoms with E-state index in [0.717, 1.165) is 0 Å². The smallest absolute Gasteiger partial charge is 0.261 e. The number of imidazole rings is 1. The Kier molecular flexibility index (Phi) is 4.56. The largest absolute Gasteiger partial charge is 0.390 e. The van der Waals surface area contributed by atoms with Crippen LogP contribution in [0.1, 0.15) is 39.4 Å². The number of anilines is 1. The molecule has 0 bridgehead atoms. The first-order chi connectivity index (χ1) is 22.0. The van der Waals surface area contributed by atoms with Crippen molar-refractivity contribution in [1.82, 2.24) is 44.1 Å². The molecule has 5 heterocycles. The third kappa shape index (κ3) is 4.27. The van der Waals surface area contributed by atoms with Crippen LogP contribution in [0.5, 0.6) is 0 Å². The van der Waals surface area contributed by atoms with Crippen molar-refractivity contribution in [2.45, 2.75) is 26.5 Å². The van der Waals surface area contributed by atoms with Gasteiger partial charge in [-0.1, -0.05) is 17.7 Å². The summed E-state index contributed by atoms with van der Waals surface area (Å²) in [6, 6.07) is 7.61. The van der Waals surface area contributed by atoms with Crippen molar-refractivity contribution in [2.24, 2.45) is 14.0 Å². The predicted octanol–water partition coefficient (Wildman–Crippen LogP) is 3.46. The van der Waals surface area contributed by atoms with Crippen molar-refractivity contribution in [3.8, 4) is 22.8 Å². The lowest BCUT2D eigenvalue weighted by molar-refractivity contribution is 0.277. The van der Waals surface area contributed by atoms with E-state index >= 15 is 0 Å². The van der Waals surface area contributed by atoms with E-state index in [2.05, 4.69) is 35.7 Å². The molecule has 0 aliphatic carbocycles. The van der Waals surface area contributed by atoms with Gasteiger partial charge in [0.15, 0.2) is 0 Å². The van der Waals surface area contributed by atoms with Gasteiger partial charge < -0.3 is 10.4 Å². The van der Waals surface area contributed by atoms with Gasteiger partial charge in [0.2, 0.25) is 5.82 Å². The fraction of sp³-hybridized carbons (Fsp3) is 0.222. The summed E-state index contributed by atoms with van der Waals surface area (Å²) in [7, 11) is 0. The molecule has 0 amide bonds. The van der Waals surface area contributed by atoms with Crippen molar-refractivity contribution in [2.75, 3.05) is 5.32 Å². The summed E-state index contributed by atoms with van der Waals surface area (Å²) in [5.41, 5.74) is 1.32. The number of nitrogens with one attached hydrogen (secondary N) is 1. The Bertz CT molecular complexity index is 2220. The first-order valence-electron chi connectivity index (χ1n) is 15.4. The maximum Gasteiger partial charge on any atom is 0.261 e. The summed E-state index contributed by atoms with van der Waals surface area (Å²) in [5, 5.41) is 23.9. The minimum atomic E-state index is -2.91. The third-order valence-electron chi connectivity index (χ3n) is 6.36. The van der Waals surface area contributed by atoms with Gasteiger partial charge in [0, 0.05) is 27.0 Å². The minimum Gasteiger partial charge on any atom is -0.390 e. The zero-order valence-corrected chi connectivity index (χ0v) is 21.8. The molecular weight excluding hydrogens is 532 g/mol. The average molecular weight is 564 g/mol. The van der Waals surface area contributed by atoms with Crippen LogP contribution in [0.2, 0.25) is 5.15 Å². The monoisotopic (exact) mass is 563 g/mol. The van der Waals surface area contributed by atoms with Crippen LogP contribution >= 0.6 is 11.6 Å². The Morgan fingerprint density at radius 1 is 1.18 bits per heavy atom. The molecule has 5 aromatic heterocycles. The third-order valence-corrected chi connectivity index (χ3v) is 6.57. The van der Waals surface area contributed by atoms with E-state index in [9.17, 15) is 11.3 Å². The molecule has 0 radical (unpaired) electrons. The molecule has 40 heavy (non-hydrogen) atoms. The summed E-state index contributed by atoms with van der Waals surface area (Å²) >= 11 is 6.16.